The first-order valence-electron chi connectivity index (χ1n) is 6.06. The minimum Gasteiger partial charge on any atom is -0.465 e. The van der Waals surface area contributed by atoms with E-state index in [9.17, 15) is 4.79 Å². The molecule has 0 unspecified atom stereocenters. The first kappa shape index (κ1) is 13.4. The second-order valence-electron chi connectivity index (χ2n) is 4.32. The summed E-state index contributed by atoms with van der Waals surface area (Å²) in [5, 5.41) is 12.1. The number of aromatic nitrogens is 1. The maximum atomic E-state index is 10.7. The van der Waals surface area contributed by atoms with Gasteiger partial charge in [-0.1, -0.05) is 11.6 Å². The zero-order chi connectivity index (χ0) is 14.1. The Balaban J connectivity index is 2.05. The van der Waals surface area contributed by atoms with Gasteiger partial charge in [-0.15, -0.1) is 11.3 Å². The number of halogens is 1. The topological polar surface area (TPSA) is 74.7 Å². The van der Waals surface area contributed by atoms with E-state index in [2.05, 4.69) is 15.2 Å². The molecule has 0 aliphatic carbocycles. The van der Waals surface area contributed by atoms with E-state index in [-0.39, 0.29) is 0 Å². The number of anilines is 2. The molecule has 1 fully saturated rings. The standard InChI is InChI=1S/C12H12ClN3O3S/c13-9-6-8(16-1-3-19-4-2-16)11-7(14-9)5-10(20-11)15-12(17)18/h5-6,15H,1-4H2,(H,17,18). The van der Waals surface area contributed by atoms with E-state index in [0.717, 1.165) is 23.5 Å². The van der Waals surface area contributed by atoms with Gasteiger partial charge in [0.25, 0.3) is 0 Å². The minimum absolute atomic E-state index is 0.402. The second kappa shape index (κ2) is 5.43. The lowest BCUT2D eigenvalue weighted by atomic mass is 10.3. The number of hydrogen-bond donors (Lipinski definition) is 2. The van der Waals surface area contributed by atoms with Crippen molar-refractivity contribution >= 4 is 49.9 Å². The number of fused-ring (bicyclic) bond motifs is 1. The summed E-state index contributed by atoms with van der Waals surface area (Å²) >= 11 is 7.42. The maximum absolute atomic E-state index is 10.7. The smallest absolute Gasteiger partial charge is 0.409 e. The highest BCUT2D eigenvalue weighted by Gasteiger charge is 2.18. The lowest BCUT2D eigenvalue weighted by molar-refractivity contribution is 0.123. The molecule has 20 heavy (non-hydrogen) atoms. The zero-order valence-electron chi connectivity index (χ0n) is 10.4. The zero-order valence-corrected chi connectivity index (χ0v) is 12.0. The fourth-order valence-corrected chi connectivity index (χ4v) is 3.40. The van der Waals surface area contributed by atoms with Crippen LogP contribution in [-0.2, 0) is 4.74 Å². The number of hydrogen-bond acceptors (Lipinski definition) is 5. The molecule has 0 radical (unpaired) electrons. The van der Waals surface area contributed by atoms with Crippen molar-refractivity contribution in [2.24, 2.45) is 0 Å². The molecule has 3 heterocycles. The maximum Gasteiger partial charge on any atom is 0.409 e. The number of nitrogens with zero attached hydrogens (tertiary/aromatic N) is 2. The summed E-state index contributed by atoms with van der Waals surface area (Å²) in [5.74, 6) is 0. The van der Waals surface area contributed by atoms with Gasteiger partial charge in [-0.05, 0) is 6.07 Å². The Morgan fingerprint density at radius 1 is 1.45 bits per heavy atom. The third-order valence-electron chi connectivity index (χ3n) is 3.01. The third kappa shape index (κ3) is 2.65. The van der Waals surface area contributed by atoms with Crippen molar-refractivity contribution in [3.8, 4) is 0 Å². The van der Waals surface area contributed by atoms with Gasteiger partial charge in [0.2, 0.25) is 0 Å². The van der Waals surface area contributed by atoms with Gasteiger partial charge in [-0.3, -0.25) is 5.32 Å². The number of rotatable bonds is 2. The summed E-state index contributed by atoms with van der Waals surface area (Å²) in [5.41, 5.74) is 1.68. The molecule has 2 aromatic heterocycles. The van der Waals surface area contributed by atoms with Crippen LogP contribution >= 0.6 is 22.9 Å². The monoisotopic (exact) mass is 313 g/mol. The van der Waals surface area contributed by atoms with Crippen LogP contribution in [0.25, 0.3) is 10.2 Å². The molecule has 1 saturated heterocycles. The number of ether oxygens (including phenoxy) is 1. The van der Waals surface area contributed by atoms with Crippen molar-refractivity contribution in [1.29, 1.82) is 0 Å². The molecule has 0 atom stereocenters. The predicted molar refractivity (Wildman–Crippen MR) is 79.3 cm³/mol. The van der Waals surface area contributed by atoms with E-state index >= 15 is 0 Å². The third-order valence-corrected chi connectivity index (χ3v) is 4.27. The highest BCUT2D eigenvalue weighted by atomic mass is 35.5. The summed E-state index contributed by atoms with van der Waals surface area (Å²) in [7, 11) is 0. The van der Waals surface area contributed by atoms with Crippen molar-refractivity contribution in [3.05, 3.63) is 17.3 Å². The van der Waals surface area contributed by atoms with Crippen LogP contribution in [0.4, 0.5) is 15.5 Å². The normalized spacial score (nSPS) is 15.6. The van der Waals surface area contributed by atoms with Crippen LogP contribution in [0.2, 0.25) is 5.15 Å². The van der Waals surface area contributed by atoms with Gasteiger partial charge >= 0.3 is 6.09 Å². The fourth-order valence-electron chi connectivity index (χ4n) is 2.18. The molecule has 0 bridgehead atoms. The number of thiophene rings is 1. The Kier molecular flexibility index (Phi) is 3.64. The molecular formula is C12H12ClN3O3S. The Labute approximate surface area is 123 Å². The molecule has 106 valence electrons. The van der Waals surface area contributed by atoms with Crippen molar-refractivity contribution in [2.75, 3.05) is 36.5 Å². The number of morpholine rings is 1. The van der Waals surface area contributed by atoms with Crippen LogP contribution in [0.3, 0.4) is 0 Å². The lowest BCUT2D eigenvalue weighted by Gasteiger charge is -2.29. The SMILES string of the molecule is O=C(O)Nc1cc2nc(Cl)cc(N3CCOCC3)c2s1. The molecule has 0 saturated carbocycles. The quantitative estimate of drug-likeness (QED) is 0.834. The van der Waals surface area contributed by atoms with Crippen LogP contribution in [0.1, 0.15) is 0 Å². The Bertz CT molecular complexity index is 655. The summed E-state index contributed by atoms with van der Waals surface area (Å²) in [4.78, 5) is 17.1. The van der Waals surface area contributed by atoms with Gasteiger partial charge in [-0.2, -0.15) is 0 Å². The largest absolute Gasteiger partial charge is 0.465 e. The van der Waals surface area contributed by atoms with Crippen molar-refractivity contribution in [2.45, 2.75) is 0 Å². The number of nitrogens with one attached hydrogen (secondary N) is 1. The minimum atomic E-state index is -1.09. The molecular weight excluding hydrogens is 302 g/mol. The summed E-state index contributed by atoms with van der Waals surface area (Å²) in [6.45, 7) is 2.92. The Hall–Kier alpha value is -1.57. The summed E-state index contributed by atoms with van der Waals surface area (Å²) in [6, 6.07) is 3.51. The molecule has 6 nitrogen and oxygen atoms in total. The van der Waals surface area contributed by atoms with E-state index in [4.69, 9.17) is 21.4 Å². The van der Waals surface area contributed by atoms with Crippen molar-refractivity contribution in [3.63, 3.8) is 0 Å². The summed E-state index contributed by atoms with van der Waals surface area (Å²) in [6.07, 6.45) is -1.09. The van der Waals surface area contributed by atoms with Crippen LogP contribution in [-0.4, -0.2) is 42.5 Å². The predicted octanol–water partition coefficient (Wildman–Crippen LogP) is 2.88. The van der Waals surface area contributed by atoms with Gasteiger partial charge in [-0.25, -0.2) is 9.78 Å². The van der Waals surface area contributed by atoms with E-state index < -0.39 is 6.09 Å². The Morgan fingerprint density at radius 3 is 2.90 bits per heavy atom. The number of carbonyl (C=O) groups is 1. The van der Waals surface area contributed by atoms with E-state index in [1.807, 2.05) is 6.07 Å². The molecule has 2 aromatic rings. The summed E-state index contributed by atoms with van der Waals surface area (Å²) < 4.78 is 6.28. The molecule has 1 amide bonds. The molecule has 1 aliphatic rings. The number of carboxylic acid groups (broad SMARTS) is 1. The number of amides is 1. The van der Waals surface area contributed by atoms with E-state index in [1.54, 1.807) is 6.07 Å². The Morgan fingerprint density at radius 2 is 2.20 bits per heavy atom. The van der Waals surface area contributed by atoms with Gasteiger partial charge < -0.3 is 14.7 Å². The second-order valence-corrected chi connectivity index (χ2v) is 5.76. The average Bonchev–Trinajstić information content (AvgIpc) is 2.79. The van der Waals surface area contributed by atoms with Crippen LogP contribution in [0.5, 0.6) is 0 Å². The molecule has 8 heteroatoms. The fraction of sp³-hybridized carbons (Fsp3) is 0.333. The van der Waals surface area contributed by atoms with Gasteiger partial charge in [0.1, 0.15) is 10.2 Å². The first-order chi connectivity index (χ1) is 9.63. The number of pyridine rings is 1. The van der Waals surface area contributed by atoms with Crippen molar-refractivity contribution < 1.29 is 14.6 Å². The molecule has 3 rings (SSSR count). The van der Waals surface area contributed by atoms with Crippen LogP contribution in [0, 0.1) is 0 Å². The average molecular weight is 314 g/mol. The van der Waals surface area contributed by atoms with Gasteiger partial charge in [0.05, 0.1) is 29.1 Å². The first-order valence-corrected chi connectivity index (χ1v) is 7.25. The van der Waals surface area contributed by atoms with E-state index in [0.29, 0.717) is 28.9 Å². The molecule has 1 aliphatic heterocycles. The lowest BCUT2D eigenvalue weighted by Crippen LogP contribution is -2.36. The molecule has 0 spiro atoms. The highest BCUT2D eigenvalue weighted by molar-refractivity contribution is 7.23. The van der Waals surface area contributed by atoms with E-state index in [1.165, 1.54) is 11.3 Å². The van der Waals surface area contributed by atoms with Gasteiger partial charge in [0, 0.05) is 19.2 Å². The van der Waals surface area contributed by atoms with Crippen molar-refractivity contribution in [1.82, 2.24) is 4.98 Å². The molecule has 2 N–H and O–H groups in total. The molecule has 0 aromatic carbocycles. The van der Waals surface area contributed by atoms with Crippen LogP contribution in [0.15, 0.2) is 12.1 Å². The van der Waals surface area contributed by atoms with Crippen LogP contribution < -0.4 is 10.2 Å². The van der Waals surface area contributed by atoms with Gasteiger partial charge in [0.15, 0.2) is 0 Å². The highest BCUT2D eigenvalue weighted by Crippen LogP contribution is 2.37.